The number of nitrogens with one attached hydrogen (secondary N) is 1. The van der Waals surface area contributed by atoms with Gasteiger partial charge in [-0.05, 0) is 42.3 Å². The van der Waals surface area contributed by atoms with Crippen molar-refractivity contribution < 1.29 is 0 Å². The zero-order valence-electron chi connectivity index (χ0n) is 15.1. The van der Waals surface area contributed by atoms with Crippen molar-refractivity contribution in [1.29, 1.82) is 0 Å². The number of rotatable bonds is 5. The third-order valence-electron chi connectivity index (χ3n) is 4.82. The van der Waals surface area contributed by atoms with Crippen LogP contribution >= 0.6 is 15.9 Å². The lowest BCUT2D eigenvalue weighted by molar-refractivity contribution is 0.132. The minimum Gasteiger partial charge on any atom is -0.312 e. The molecule has 3 heterocycles. The van der Waals surface area contributed by atoms with E-state index in [1.807, 2.05) is 17.6 Å². The van der Waals surface area contributed by atoms with Crippen LogP contribution in [-0.4, -0.2) is 45.1 Å². The van der Waals surface area contributed by atoms with E-state index in [1.165, 1.54) is 0 Å². The van der Waals surface area contributed by atoms with Crippen LogP contribution in [-0.2, 0) is 6.54 Å². The van der Waals surface area contributed by atoms with Crippen LogP contribution in [0.5, 0.6) is 0 Å². The number of nitrogens with zero attached hydrogens (tertiary/aromatic N) is 4. The van der Waals surface area contributed by atoms with Gasteiger partial charge in [-0.25, -0.2) is 9.97 Å². The molecule has 0 amide bonds. The monoisotopic (exact) mass is 407 g/mol. The van der Waals surface area contributed by atoms with Crippen LogP contribution in [0.2, 0.25) is 0 Å². The fraction of sp³-hybridized carbons (Fsp3) is 0.611. The molecule has 1 N–H and O–H groups in total. The second kappa shape index (κ2) is 7.93. The van der Waals surface area contributed by atoms with Crippen LogP contribution in [0.25, 0.3) is 11.0 Å². The molecule has 6 nitrogen and oxygen atoms in total. The highest BCUT2D eigenvalue weighted by Gasteiger charge is 2.28. The van der Waals surface area contributed by atoms with Gasteiger partial charge >= 0.3 is 0 Å². The molecule has 25 heavy (non-hydrogen) atoms. The predicted molar refractivity (Wildman–Crippen MR) is 104 cm³/mol. The molecule has 2 aromatic rings. The average molecular weight is 408 g/mol. The largest absolute Gasteiger partial charge is 0.312 e. The highest BCUT2D eigenvalue weighted by Crippen LogP contribution is 2.26. The molecular weight excluding hydrogens is 382 g/mol. The summed E-state index contributed by atoms with van der Waals surface area (Å²) in [4.78, 5) is 24.7. The molecule has 1 aliphatic rings. The molecule has 136 valence electrons. The molecule has 1 aliphatic heterocycles. The smallest absolute Gasteiger partial charge is 0.263 e. The number of pyridine rings is 1. The summed E-state index contributed by atoms with van der Waals surface area (Å²) in [7, 11) is 0. The molecule has 1 saturated heterocycles. The van der Waals surface area contributed by atoms with E-state index >= 15 is 0 Å². The van der Waals surface area contributed by atoms with Crippen molar-refractivity contribution in [3.05, 3.63) is 32.9 Å². The minimum atomic E-state index is 0.000543. The van der Waals surface area contributed by atoms with Gasteiger partial charge in [0.25, 0.3) is 5.56 Å². The summed E-state index contributed by atoms with van der Waals surface area (Å²) in [6, 6.07) is 2.41. The van der Waals surface area contributed by atoms with Gasteiger partial charge in [0.05, 0.1) is 11.4 Å². The van der Waals surface area contributed by atoms with Crippen LogP contribution in [0.3, 0.4) is 0 Å². The third kappa shape index (κ3) is 3.78. The number of halogens is 1. The molecule has 2 aromatic heterocycles. The first-order valence-electron chi connectivity index (χ1n) is 9.08. The van der Waals surface area contributed by atoms with Crippen molar-refractivity contribution in [1.82, 2.24) is 24.8 Å². The summed E-state index contributed by atoms with van der Waals surface area (Å²) in [6.07, 6.45) is 3.74. The normalized spacial score (nSPS) is 20.1. The van der Waals surface area contributed by atoms with E-state index < -0.39 is 0 Å². The van der Waals surface area contributed by atoms with Gasteiger partial charge in [-0.3, -0.25) is 14.3 Å². The maximum atomic E-state index is 13.0. The van der Waals surface area contributed by atoms with Crippen molar-refractivity contribution in [3.63, 3.8) is 0 Å². The van der Waals surface area contributed by atoms with Crippen molar-refractivity contribution in [3.8, 4) is 0 Å². The molecule has 0 radical (unpaired) electrons. The van der Waals surface area contributed by atoms with Crippen LogP contribution < -0.4 is 10.9 Å². The van der Waals surface area contributed by atoms with Gasteiger partial charge in [0, 0.05) is 42.9 Å². The Balaban J connectivity index is 2.13. The lowest BCUT2D eigenvalue weighted by atomic mass is 10.1. The summed E-state index contributed by atoms with van der Waals surface area (Å²) in [5.41, 5.74) is 0.540. The van der Waals surface area contributed by atoms with Crippen LogP contribution in [0.15, 0.2) is 21.5 Å². The first kappa shape index (κ1) is 18.5. The van der Waals surface area contributed by atoms with E-state index in [0.29, 0.717) is 23.6 Å². The highest BCUT2D eigenvalue weighted by atomic mass is 79.9. The van der Waals surface area contributed by atoms with Crippen LogP contribution in [0.1, 0.15) is 45.5 Å². The second-order valence-corrected chi connectivity index (χ2v) is 7.61. The molecular formula is C18H26BrN5O. The first-order valence-corrected chi connectivity index (χ1v) is 9.87. The molecule has 0 aliphatic carbocycles. The first-order chi connectivity index (χ1) is 12.0. The van der Waals surface area contributed by atoms with Gasteiger partial charge in [-0.15, -0.1) is 0 Å². The molecule has 0 spiro atoms. The van der Waals surface area contributed by atoms with Gasteiger partial charge < -0.3 is 5.32 Å². The van der Waals surface area contributed by atoms with Crippen molar-refractivity contribution in [2.24, 2.45) is 0 Å². The van der Waals surface area contributed by atoms with Crippen molar-refractivity contribution in [2.75, 3.05) is 19.6 Å². The lowest BCUT2D eigenvalue weighted by Gasteiger charge is -2.38. The van der Waals surface area contributed by atoms with E-state index in [2.05, 4.69) is 45.0 Å². The Kier molecular flexibility index (Phi) is 5.86. The Morgan fingerprint density at radius 1 is 1.44 bits per heavy atom. The van der Waals surface area contributed by atoms with E-state index in [-0.39, 0.29) is 11.6 Å². The Hall–Kier alpha value is -1.31. The van der Waals surface area contributed by atoms with Gasteiger partial charge in [-0.2, -0.15) is 0 Å². The van der Waals surface area contributed by atoms with E-state index in [1.54, 1.807) is 6.20 Å². The Morgan fingerprint density at radius 3 is 2.92 bits per heavy atom. The number of aromatic nitrogens is 3. The quantitative estimate of drug-likeness (QED) is 0.825. The average Bonchev–Trinajstić information content (AvgIpc) is 2.60. The third-order valence-corrected chi connectivity index (χ3v) is 5.26. The molecule has 1 fully saturated rings. The van der Waals surface area contributed by atoms with Gasteiger partial charge in [0.2, 0.25) is 0 Å². The molecule has 7 heteroatoms. The number of hydrogen-bond donors (Lipinski definition) is 1. The maximum Gasteiger partial charge on any atom is 0.263 e. The van der Waals surface area contributed by atoms with E-state index in [0.717, 1.165) is 42.8 Å². The van der Waals surface area contributed by atoms with Crippen molar-refractivity contribution >= 4 is 27.0 Å². The topological polar surface area (TPSA) is 63.1 Å². The van der Waals surface area contributed by atoms with E-state index in [4.69, 9.17) is 4.98 Å². The zero-order valence-corrected chi connectivity index (χ0v) is 16.7. The fourth-order valence-corrected chi connectivity index (χ4v) is 3.98. The molecule has 3 rings (SSSR count). The minimum absolute atomic E-state index is 0.000543. The Bertz CT molecular complexity index is 806. The molecule has 0 saturated carbocycles. The van der Waals surface area contributed by atoms with E-state index in [9.17, 15) is 4.79 Å². The van der Waals surface area contributed by atoms with Crippen LogP contribution in [0, 0.1) is 0 Å². The standard InChI is InChI=1S/C18H26BrN5O/c1-4-6-15(23-8-7-20-12(3)11-23)17-22-16-14(9-13(19)10-21-16)18(25)24(17)5-2/h9-10,12,15,20H,4-8,11H2,1-3H3/t12-,15-/m0/s1. The SMILES string of the molecule is CCC[C@@H](c1nc2ncc(Br)cc2c(=O)n1CC)N1CCN[C@@H](C)C1. The fourth-order valence-electron chi connectivity index (χ4n) is 3.65. The molecule has 0 bridgehead atoms. The second-order valence-electron chi connectivity index (χ2n) is 6.70. The number of piperazine rings is 1. The summed E-state index contributed by atoms with van der Waals surface area (Å²) < 4.78 is 2.62. The number of hydrogen-bond acceptors (Lipinski definition) is 5. The summed E-state index contributed by atoms with van der Waals surface area (Å²) in [6.45, 7) is 9.92. The summed E-state index contributed by atoms with van der Waals surface area (Å²) in [5.74, 6) is 0.853. The number of fused-ring (bicyclic) bond motifs is 1. The molecule has 2 atom stereocenters. The lowest BCUT2D eigenvalue weighted by Crippen LogP contribution is -2.51. The highest BCUT2D eigenvalue weighted by molar-refractivity contribution is 9.10. The van der Waals surface area contributed by atoms with Gasteiger partial charge in [0.1, 0.15) is 5.82 Å². The van der Waals surface area contributed by atoms with Crippen LogP contribution in [0.4, 0.5) is 0 Å². The molecule has 0 aromatic carbocycles. The van der Waals surface area contributed by atoms with Gasteiger partial charge in [0.15, 0.2) is 5.65 Å². The Morgan fingerprint density at radius 2 is 2.24 bits per heavy atom. The maximum absolute atomic E-state index is 13.0. The predicted octanol–water partition coefficient (Wildman–Crippen LogP) is 2.71. The van der Waals surface area contributed by atoms with Gasteiger partial charge in [-0.1, -0.05) is 13.3 Å². The Labute approximate surface area is 156 Å². The molecule has 0 unspecified atom stereocenters. The summed E-state index contributed by atoms with van der Waals surface area (Å²) >= 11 is 3.40. The summed E-state index contributed by atoms with van der Waals surface area (Å²) in [5, 5.41) is 4.06. The zero-order chi connectivity index (χ0) is 18.0. The van der Waals surface area contributed by atoms with Crippen molar-refractivity contribution in [2.45, 2.75) is 52.2 Å².